The van der Waals surface area contributed by atoms with Gasteiger partial charge in [0.05, 0.1) is 24.4 Å². The Morgan fingerprint density at radius 3 is 2.45 bits per heavy atom. The van der Waals surface area contributed by atoms with E-state index < -0.39 is 6.09 Å². The van der Waals surface area contributed by atoms with Crippen LogP contribution in [0.2, 0.25) is 0 Å². The second-order valence-corrected chi connectivity index (χ2v) is 11.3. The average molecular weight is 543 g/mol. The number of carboxylic acid groups (broad SMARTS) is 1. The van der Waals surface area contributed by atoms with Crippen molar-refractivity contribution in [3.63, 3.8) is 0 Å². The van der Waals surface area contributed by atoms with Gasteiger partial charge in [-0.3, -0.25) is 9.69 Å². The second kappa shape index (κ2) is 11.5. The normalized spacial score (nSPS) is 19.4. The predicted molar refractivity (Wildman–Crippen MR) is 152 cm³/mol. The Labute approximate surface area is 235 Å². The Bertz CT molecular complexity index is 1410. The van der Waals surface area contributed by atoms with E-state index in [1.165, 1.54) is 6.20 Å². The minimum atomic E-state index is -0.765. The molecule has 9 nitrogen and oxygen atoms in total. The molecular formula is C31H36N5O4+. The van der Waals surface area contributed by atoms with Crippen LogP contribution in [-0.4, -0.2) is 69.7 Å². The lowest BCUT2D eigenvalue weighted by Gasteiger charge is -2.52. The summed E-state index contributed by atoms with van der Waals surface area (Å²) >= 11 is 0. The number of amides is 2. The van der Waals surface area contributed by atoms with Gasteiger partial charge in [-0.05, 0) is 75.7 Å². The summed E-state index contributed by atoms with van der Waals surface area (Å²) in [5.41, 5.74) is 2.23. The highest BCUT2D eigenvalue weighted by Gasteiger charge is 2.54. The van der Waals surface area contributed by atoms with Crippen LogP contribution in [0.15, 0.2) is 66.9 Å². The van der Waals surface area contributed by atoms with E-state index in [2.05, 4.69) is 16.0 Å². The molecule has 0 saturated carbocycles. The van der Waals surface area contributed by atoms with Gasteiger partial charge < -0.3 is 14.7 Å². The first kappa shape index (κ1) is 28.7. The number of quaternary nitrogens is 1. The maximum absolute atomic E-state index is 13.1. The molecule has 2 atom stereocenters. The zero-order valence-corrected chi connectivity index (χ0v) is 23.7. The highest BCUT2D eigenvalue weighted by atomic mass is 16.5. The van der Waals surface area contributed by atoms with Gasteiger partial charge in [0.1, 0.15) is 35.3 Å². The van der Waals surface area contributed by atoms with Crippen LogP contribution in [0.3, 0.4) is 0 Å². The van der Waals surface area contributed by atoms with Crippen molar-refractivity contribution in [3.8, 4) is 17.6 Å². The summed E-state index contributed by atoms with van der Waals surface area (Å²) in [6.07, 6.45) is 0.721. The van der Waals surface area contributed by atoms with Crippen LogP contribution in [-0.2, 0) is 6.54 Å². The van der Waals surface area contributed by atoms with E-state index in [4.69, 9.17) is 10.00 Å². The summed E-state index contributed by atoms with van der Waals surface area (Å²) in [4.78, 5) is 33.5. The molecule has 0 radical (unpaired) electrons. The lowest BCUT2D eigenvalue weighted by Crippen LogP contribution is -2.73. The fourth-order valence-electron chi connectivity index (χ4n) is 5.54. The maximum atomic E-state index is 13.1. The summed E-state index contributed by atoms with van der Waals surface area (Å²) in [5, 5.41) is 19.1. The first-order chi connectivity index (χ1) is 18.9. The molecule has 1 saturated heterocycles. The number of anilines is 1. The molecule has 2 amide bonds. The Hall–Kier alpha value is -4.26. The minimum Gasteiger partial charge on any atom is -0.456 e. The molecule has 2 aromatic carbocycles. The quantitative estimate of drug-likeness (QED) is 0.409. The van der Waals surface area contributed by atoms with E-state index in [-0.39, 0.29) is 27.7 Å². The van der Waals surface area contributed by atoms with Crippen molar-refractivity contribution < 1.29 is 23.9 Å². The molecule has 40 heavy (non-hydrogen) atoms. The minimum absolute atomic E-state index is 0.0405. The van der Waals surface area contributed by atoms with Crippen LogP contribution in [0.5, 0.6) is 11.5 Å². The van der Waals surface area contributed by atoms with Crippen LogP contribution >= 0.6 is 0 Å². The fraction of sp³-hybridized carbons (Fsp3) is 0.355. The van der Waals surface area contributed by atoms with Gasteiger partial charge in [0.25, 0.3) is 5.91 Å². The van der Waals surface area contributed by atoms with Gasteiger partial charge in [-0.2, -0.15) is 10.1 Å². The third-order valence-electron chi connectivity index (χ3n) is 7.77. The first-order valence-electron chi connectivity index (χ1n) is 13.3. The summed E-state index contributed by atoms with van der Waals surface area (Å²) < 4.78 is 5.81. The number of carbonyl (C=O) groups is 2. The summed E-state index contributed by atoms with van der Waals surface area (Å²) in [7, 11) is 1.71. The van der Waals surface area contributed by atoms with Gasteiger partial charge in [-0.15, -0.1) is 0 Å². The molecule has 1 fully saturated rings. The van der Waals surface area contributed by atoms with Crippen molar-refractivity contribution in [1.82, 2.24) is 9.88 Å². The number of aromatic nitrogens is 1. The lowest BCUT2D eigenvalue weighted by atomic mass is 9.95. The largest absolute Gasteiger partial charge is 0.514 e. The Morgan fingerprint density at radius 1 is 1.15 bits per heavy atom. The van der Waals surface area contributed by atoms with Crippen LogP contribution in [0, 0.1) is 11.3 Å². The molecule has 1 unspecified atom stereocenters. The number of hydrogen-bond acceptors (Lipinski definition) is 6. The monoisotopic (exact) mass is 542 g/mol. The third kappa shape index (κ3) is 5.83. The van der Waals surface area contributed by atoms with E-state index in [1.807, 2.05) is 52.0 Å². The van der Waals surface area contributed by atoms with E-state index in [1.54, 1.807) is 48.3 Å². The zero-order valence-electron chi connectivity index (χ0n) is 23.7. The van der Waals surface area contributed by atoms with Crippen molar-refractivity contribution in [2.24, 2.45) is 0 Å². The summed E-state index contributed by atoms with van der Waals surface area (Å²) in [6, 6.07) is 20.0. The Kier molecular flexibility index (Phi) is 8.24. The van der Waals surface area contributed by atoms with E-state index in [0.29, 0.717) is 43.2 Å². The lowest BCUT2D eigenvalue weighted by molar-refractivity contribution is -0.929. The summed E-state index contributed by atoms with van der Waals surface area (Å²) in [5.74, 6) is 0.735. The van der Waals surface area contributed by atoms with Crippen molar-refractivity contribution in [1.29, 1.82) is 5.26 Å². The van der Waals surface area contributed by atoms with Gasteiger partial charge in [0.15, 0.2) is 0 Å². The highest BCUT2D eigenvalue weighted by molar-refractivity contribution is 6.04. The van der Waals surface area contributed by atoms with Gasteiger partial charge in [-0.1, -0.05) is 18.2 Å². The van der Waals surface area contributed by atoms with Crippen LogP contribution in [0.1, 0.15) is 49.3 Å². The molecule has 9 heteroatoms. The molecule has 1 aromatic heterocycles. The molecule has 3 aromatic rings. The molecule has 208 valence electrons. The van der Waals surface area contributed by atoms with Gasteiger partial charge in [-0.25, -0.2) is 9.47 Å². The molecule has 0 bridgehead atoms. The fourth-order valence-corrected chi connectivity index (χ4v) is 5.54. The number of pyridine rings is 1. The zero-order chi connectivity index (χ0) is 29.1. The van der Waals surface area contributed by atoms with E-state index >= 15 is 0 Å². The number of carbonyl (C=O) groups excluding carboxylic acids is 1. The maximum Gasteiger partial charge on any atom is 0.514 e. The number of rotatable bonds is 6. The van der Waals surface area contributed by atoms with Gasteiger partial charge in [0, 0.05) is 25.8 Å². The molecule has 2 heterocycles. The van der Waals surface area contributed by atoms with Gasteiger partial charge >= 0.3 is 6.09 Å². The number of nitriles is 1. The standard InChI is InChI=1S/C31H35N5O4/c1-22-20-35(15-16-36(22,30(38)39)31(2,3)4)21-23-9-11-25(12-10-23)34(5)29(37)28-14-13-27(19-33-28)40-26-8-6-7-24(17-26)18-32/h6-14,17,19,22H,15-16,20-21H2,1-5H3/p+1/t22-,36?/m0/s1. The van der Waals surface area contributed by atoms with Crippen molar-refractivity contribution in [2.75, 3.05) is 31.6 Å². The van der Waals surface area contributed by atoms with Crippen LogP contribution in [0.25, 0.3) is 0 Å². The number of hydrogen-bond donors (Lipinski definition) is 1. The smallest absolute Gasteiger partial charge is 0.456 e. The molecule has 1 aliphatic rings. The highest BCUT2D eigenvalue weighted by Crippen LogP contribution is 2.33. The molecular weight excluding hydrogens is 506 g/mol. The van der Waals surface area contributed by atoms with Crippen molar-refractivity contribution >= 4 is 17.7 Å². The SMILES string of the molecule is C[C@H]1CN(Cc2ccc(N(C)C(=O)c3ccc(Oc4cccc(C#N)c4)cn3)cc2)CC[N+]1(C(=O)O)C(C)(C)C. The number of nitrogens with zero attached hydrogens (tertiary/aromatic N) is 5. The Morgan fingerprint density at radius 2 is 1.88 bits per heavy atom. The third-order valence-corrected chi connectivity index (χ3v) is 7.77. The van der Waals surface area contributed by atoms with Gasteiger partial charge in [0.2, 0.25) is 0 Å². The van der Waals surface area contributed by atoms with Crippen LogP contribution < -0.4 is 9.64 Å². The molecule has 1 N–H and O–H groups in total. The van der Waals surface area contributed by atoms with E-state index in [0.717, 1.165) is 11.3 Å². The van der Waals surface area contributed by atoms with Crippen LogP contribution in [0.4, 0.5) is 10.5 Å². The number of piperazine rings is 1. The van der Waals surface area contributed by atoms with Crippen molar-refractivity contribution in [3.05, 3.63) is 83.7 Å². The molecule has 0 aliphatic carbocycles. The van der Waals surface area contributed by atoms with Crippen molar-refractivity contribution in [2.45, 2.75) is 45.8 Å². The first-order valence-corrected chi connectivity index (χ1v) is 13.3. The average Bonchev–Trinajstić information content (AvgIpc) is 2.92. The molecule has 4 rings (SSSR count). The predicted octanol–water partition coefficient (Wildman–Crippen LogP) is 5.52. The molecule has 0 spiro atoms. The number of benzene rings is 2. The summed E-state index contributed by atoms with van der Waals surface area (Å²) in [6.45, 7) is 10.7. The number of ether oxygens (including phenoxy) is 1. The van der Waals surface area contributed by atoms with E-state index in [9.17, 15) is 14.7 Å². The Balaban J connectivity index is 1.36. The topological polar surface area (TPSA) is 107 Å². The molecule has 1 aliphatic heterocycles. The second-order valence-electron chi connectivity index (χ2n) is 11.3.